The van der Waals surface area contributed by atoms with Crippen LogP contribution in [0.15, 0.2) is 61.3 Å². The van der Waals surface area contributed by atoms with Crippen LogP contribution in [0.3, 0.4) is 0 Å². The minimum atomic E-state index is 0.0660. The minimum absolute atomic E-state index is 0.0660. The molecule has 0 unspecified atom stereocenters. The number of rotatable bonds is 4. The van der Waals surface area contributed by atoms with E-state index in [0.29, 0.717) is 11.5 Å². The molecule has 3 aromatic heterocycles. The molecule has 4 rings (SSSR count). The summed E-state index contributed by atoms with van der Waals surface area (Å²) in [4.78, 5) is 23.1. The molecule has 0 N–H and O–H groups in total. The van der Waals surface area contributed by atoms with Gasteiger partial charge in [-0.3, -0.25) is 19.4 Å². The number of likely N-dealkylation sites (tertiary alicyclic amines) is 1. The van der Waals surface area contributed by atoms with Gasteiger partial charge in [0.05, 0.1) is 11.3 Å². The zero-order valence-corrected chi connectivity index (χ0v) is 14.5. The van der Waals surface area contributed by atoms with Crippen LogP contribution in [0.25, 0.3) is 11.3 Å². The lowest BCUT2D eigenvalue weighted by molar-refractivity contribution is 0.0681. The van der Waals surface area contributed by atoms with E-state index in [1.165, 1.54) is 0 Å². The van der Waals surface area contributed by atoms with Crippen molar-refractivity contribution in [1.29, 1.82) is 0 Å². The van der Waals surface area contributed by atoms with E-state index in [2.05, 4.69) is 15.1 Å². The molecular weight excluding hydrogens is 326 g/mol. The molecule has 0 saturated carbocycles. The highest BCUT2D eigenvalue weighted by Crippen LogP contribution is 2.21. The van der Waals surface area contributed by atoms with E-state index < -0.39 is 0 Å². The number of carbonyl (C=O) groups is 1. The number of pyridine rings is 2. The second-order valence-electron chi connectivity index (χ2n) is 6.63. The predicted molar refractivity (Wildman–Crippen MR) is 98.3 cm³/mol. The fourth-order valence-corrected chi connectivity index (χ4v) is 3.39. The van der Waals surface area contributed by atoms with Crippen molar-refractivity contribution in [2.45, 2.75) is 19.4 Å². The van der Waals surface area contributed by atoms with Crippen LogP contribution in [0.4, 0.5) is 0 Å². The number of carbonyl (C=O) groups excluding carboxylic acids is 1. The maximum absolute atomic E-state index is 12.7. The molecular formula is C20H21N5O. The summed E-state index contributed by atoms with van der Waals surface area (Å²) in [5.74, 6) is 0.641. The van der Waals surface area contributed by atoms with Gasteiger partial charge in [0.25, 0.3) is 5.91 Å². The maximum Gasteiger partial charge on any atom is 0.255 e. The van der Waals surface area contributed by atoms with Gasteiger partial charge in [-0.25, -0.2) is 0 Å². The monoisotopic (exact) mass is 347 g/mol. The summed E-state index contributed by atoms with van der Waals surface area (Å²) in [7, 11) is 0. The number of hydrogen-bond acceptors (Lipinski definition) is 4. The third-order valence-electron chi connectivity index (χ3n) is 4.89. The summed E-state index contributed by atoms with van der Waals surface area (Å²) in [6.07, 6.45) is 11.0. The van der Waals surface area contributed by atoms with Gasteiger partial charge in [0.1, 0.15) is 0 Å². The normalized spacial score (nSPS) is 15.2. The van der Waals surface area contributed by atoms with Crippen molar-refractivity contribution in [3.8, 4) is 11.3 Å². The molecule has 132 valence electrons. The molecule has 0 aliphatic carbocycles. The second kappa shape index (κ2) is 7.47. The van der Waals surface area contributed by atoms with E-state index in [1.54, 1.807) is 24.8 Å². The third kappa shape index (κ3) is 3.64. The topological polar surface area (TPSA) is 63.9 Å². The van der Waals surface area contributed by atoms with Crippen LogP contribution in [-0.4, -0.2) is 43.6 Å². The molecule has 1 aliphatic heterocycles. The van der Waals surface area contributed by atoms with Gasteiger partial charge in [-0.15, -0.1) is 0 Å². The van der Waals surface area contributed by atoms with Gasteiger partial charge in [0.15, 0.2) is 0 Å². The Morgan fingerprint density at radius 1 is 1.08 bits per heavy atom. The van der Waals surface area contributed by atoms with Crippen LogP contribution in [-0.2, 0) is 6.54 Å². The van der Waals surface area contributed by atoms with E-state index in [1.807, 2.05) is 46.1 Å². The van der Waals surface area contributed by atoms with Crippen LogP contribution >= 0.6 is 0 Å². The summed E-state index contributed by atoms with van der Waals surface area (Å²) < 4.78 is 1.98. The Hall–Kier alpha value is -3.02. The molecule has 1 amide bonds. The molecule has 26 heavy (non-hydrogen) atoms. The Bertz CT molecular complexity index is 838. The Morgan fingerprint density at radius 3 is 2.54 bits per heavy atom. The largest absolute Gasteiger partial charge is 0.339 e. The fourth-order valence-electron chi connectivity index (χ4n) is 3.39. The van der Waals surface area contributed by atoms with Gasteiger partial charge in [0, 0.05) is 56.2 Å². The first-order valence-electron chi connectivity index (χ1n) is 8.93. The summed E-state index contributed by atoms with van der Waals surface area (Å²) in [6, 6.07) is 9.53. The van der Waals surface area contributed by atoms with Crippen LogP contribution < -0.4 is 0 Å². The molecule has 1 saturated heterocycles. The molecule has 0 aromatic carbocycles. The van der Waals surface area contributed by atoms with E-state index in [0.717, 1.165) is 43.7 Å². The Morgan fingerprint density at radius 2 is 1.88 bits per heavy atom. The molecule has 0 atom stereocenters. The minimum Gasteiger partial charge on any atom is -0.339 e. The number of piperidine rings is 1. The first-order valence-corrected chi connectivity index (χ1v) is 8.93. The highest BCUT2D eigenvalue weighted by molar-refractivity contribution is 5.94. The van der Waals surface area contributed by atoms with Crippen molar-refractivity contribution in [2.75, 3.05) is 13.1 Å². The number of hydrogen-bond donors (Lipinski definition) is 0. The van der Waals surface area contributed by atoms with Gasteiger partial charge in [-0.1, -0.05) is 0 Å². The third-order valence-corrected chi connectivity index (χ3v) is 4.89. The fraction of sp³-hybridized carbons (Fsp3) is 0.300. The van der Waals surface area contributed by atoms with Crippen molar-refractivity contribution in [2.24, 2.45) is 5.92 Å². The highest BCUT2D eigenvalue weighted by Gasteiger charge is 2.24. The molecule has 6 nitrogen and oxygen atoms in total. The zero-order valence-electron chi connectivity index (χ0n) is 14.5. The molecule has 1 fully saturated rings. The first-order chi connectivity index (χ1) is 12.8. The molecule has 0 bridgehead atoms. The lowest BCUT2D eigenvalue weighted by Crippen LogP contribution is -2.39. The van der Waals surface area contributed by atoms with Gasteiger partial charge in [-0.2, -0.15) is 5.10 Å². The van der Waals surface area contributed by atoms with Gasteiger partial charge in [0.2, 0.25) is 0 Å². The average molecular weight is 347 g/mol. The quantitative estimate of drug-likeness (QED) is 0.728. The standard InChI is InChI=1S/C20H21N5O/c26-20(18-2-3-19(22-14-18)17-4-9-21-10-5-17)24-12-6-16(7-13-24)15-25-11-1-8-23-25/h1-5,8-11,14,16H,6-7,12-13,15H2. The predicted octanol–water partition coefficient (Wildman–Crippen LogP) is 2.89. The van der Waals surface area contributed by atoms with Crippen molar-refractivity contribution < 1.29 is 4.79 Å². The molecule has 1 aliphatic rings. The summed E-state index contributed by atoms with van der Waals surface area (Å²) in [5.41, 5.74) is 2.49. The Kier molecular flexibility index (Phi) is 4.73. The van der Waals surface area contributed by atoms with Crippen LogP contribution in [0, 0.1) is 5.92 Å². The van der Waals surface area contributed by atoms with Crippen molar-refractivity contribution in [3.05, 3.63) is 66.9 Å². The Balaban J connectivity index is 1.36. The zero-order chi connectivity index (χ0) is 17.8. The smallest absolute Gasteiger partial charge is 0.255 e. The lowest BCUT2D eigenvalue weighted by atomic mass is 9.96. The summed E-state index contributed by atoms with van der Waals surface area (Å²) in [5, 5.41) is 4.27. The van der Waals surface area contributed by atoms with Crippen molar-refractivity contribution in [3.63, 3.8) is 0 Å². The van der Waals surface area contributed by atoms with Crippen LogP contribution in [0.5, 0.6) is 0 Å². The SMILES string of the molecule is O=C(c1ccc(-c2ccncc2)nc1)N1CCC(Cn2cccn2)CC1. The van der Waals surface area contributed by atoms with Gasteiger partial charge in [-0.05, 0) is 49.1 Å². The van der Waals surface area contributed by atoms with Crippen LogP contribution in [0.2, 0.25) is 0 Å². The molecule has 0 radical (unpaired) electrons. The number of amides is 1. The maximum atomic E-state index is 12.7. The number of nitrogens with zero attached hydrogens (tertiary/aromatic N) is 5. The summed E-state index contributed by atoms with van der Waals surface area (Å²) >= 11 is 0. The second-order valence-corrected chi connectivity index (χ2v) is 6.63. The van der Waals surface area contributed by atoms with Gasteiger partial charge < -0.3 is 4.90 Å². The van der Waals surface area contributed by atoms with E-state index in [9.17, 15) is 4.79 Å². The molecule has 4 heterocycles. The Labute approximate surface area is 152 Å². The lowest BCUT2D eigenvalue weighted by Gasteiger charge is -2.32. The van der Waals surface area contributed by atoms with Gasteiger partial charge >= 0.3 is 0 Å². The molecule has 6 heteroatoms. The van der Waals surface area contributed by atoms with Crippen molar-refractivity contribution in [1.82, 2.24) is 24.6 Å². The van der Waals surface area contributed by atoms with E-state index in [4.69, 9.17) is 0 Å². The van der Waals surface area contributed by atoms with Crippen molar-refractivity contribution >= 4 is 5.91 Å². The van der Waals surface area contributed by atoms with E-state index >= 15 is 0 Å². The number of aromatic nitrogens is 4. The van der Waals surface area contributed by atoms with E-state index in [-0.39, 0.29) is 5.91 Å². The first kappa shape index (κ1) is 16.4. The molecule has 0 spiro atoms. The average Bonchev–Trinajstić information content (AvgIpc) is 3.22. The summed E-state index contributed by atoms with van der Waals surface area (Å²) in [6.45, 7) is 2.50. The molecule has 3 aromatic rings. The van der Waals surface area contributed by atoms with Crippen LogP contribution in [0.1, 0.15) is 23.2 Å². The highest BCUT2D eigenvalue weighted by atomic mass is 16.2.